The highest BCUT2D eigenvalue weighted by Crippen LogP contribution is 2.24. The second-order valence-electron chi connectivity index (χ2n) is 5.48. The third-order valence-corrected chi connectivity index (χ3v) is 3.97. The van der Waals surface area contributed by atoms with Gasteiger partial charge in [0.2, 0.25) is 0 Å². The van der Waals surface area contributed by atoms with Gasteiger partial charge in [-0.05, 0) is 50.4 Å². The van der Waals surface area contributed by atoms with Gasteiger partial charge < -0.3 is 10.8 Å². The van der Waals surface area contributed by atoms with Crippen molar-refractivity contribution >= 4 is 17.3 Å². The Balaban J connectivity index is 1.98. The molecule has 0 aliphatic carbocycles. The topological polar surface area (TPSA) is 49.5 Å². The fraction of sp³-hybridized carbons (Fsp3) is 0.571. The van der Waals surface area contributed by atoms with E-state index in [2.05, 4.69) is 4.90 Å². The molecule has 1 unspecified atom stereocenters. The zero-order valence-electron chi connectivity index (χ0n) is 10.8. The second kappa shape index (κ2) is 5.47. The average molecular weight is 269 g/mol. The van der Waals surface area contributed by atoms with Gasteiger partial charge in [0.1, 0.15) is 0 Å². The molecule has 3 N–H and O–H groups in total. The SMILES string of the molecule is CC1(O)CCCN(Cc2ccc(Cl)c(N)c2)CC1. The molecule has 0 bridgehead atoms. The molecular formula is C14H21ClN2O. The van der Waals surface area contributed by atoms with E-state index < -0.39 is 5.60 Å². The number of anilines is 1. The van der Waals surface area contributed by atoms with E-state index in [-0.39, 0.29) is 0 Å². The zero-order valence-corrected chi connectivity index (χ0v) is 11.6. The van der Waals surface area contributed by atoms with E-state index in [1.165, 1.54) is 5.56 Å². The van der Waals surface area contributed by atoms with Gasteiger partial charge in [-0.15, -0.1) is 0 Å². The lowest BCUT2D eigenvalue weighted by Gasteiger charge is -2.22. The average Bonchev–Trinajstić information content (AvgIpc) is 2.46. The van der Waals surface area contributed by atoms with Crippen LogP contribution in [0.15, 0.2) is 18.2 Å². The lowest BCUT2D eigenvalue weighted by Crippen LogP contribution is -2.28. The van der Waals surface area contributed by atoms with Gasteiger partial charge in [0, 0.05) is 13.1 Å². The van der Waals surface area contributed by atoms with E-state index in [1.807, 2.05) is 25.1 Å². The minimum absolute atomic E-state index is 0.506. The first kappa shape index (κ1) is 13.7. The van der Waals surface area contributed by atoms with Crippen molar-refractivity contribution in [2.24, 2.45) is 0 Å². The molecule has 1 aliphatic rings. The van der Waals surface area contributed by atoms with Gasteiger partial charge in [-0.2, -0.15) is 0 Å². The molecule has 18 heavy (non-hydrogen) atoms. The number of hydrogen-bond acceptors (Lipinski definition) is 3. The number of likely N-dealkylation sites (tertiary alicyclic amines) is 1. The van der Waals surface area contributed by atoms with Gasteiger partial charge in [-0.25, -0.2) is 0 Å². The third-order valence-electron chi connectivity index (χ3n) is 3.62. The Morgan fingerprint density at radius 2 is 2.17 bits per heavy atom. The maximum atomic E-state index is 10.1. The van der Waals surface area contributed by atoms with E-state index in [0.29, 0.717) is 10.7 Å². The largest absolute Gasteiger partial charge is 0.398 e. The smallest absolute Gasteiger partial charge is 0.0635 e. The minimum atomic E-state index is -0.506. The van der Waals surface area contributed by atoms with Gasteiger partial charge in [-0.1, -0.05) is 17.7 Å². The summed E-state index contributed by atoms with van der Waals surface area (Å²) in [7, 11) is 0. The van der Waals surface area contributed by atoms with E-state index in [4.69, 9.17) is 17.3 Å². The fourth-order valence-corrected chi connectivity index (χ4v) is 2.54. The number of nitrogens with two attached hydrogens (primary N) is 1. The highest BCUT2D eigenvalue weighted by Gasteiger charge is 2.24. The van der Waals surface area contributed by atoms with Gasteiger partial charge in [0.25, 0.3) is 0 Å². The molecule has 1 aliphatic heterocycles. The summed E-state index contributed by atoms with van der Waals surface area (Å²) < 4.78 is 0. The summed E-state index contributed by atoms with van der Waals surface area (Å²) in [4.78, 5) is 2.37. The number of nitrogen functional groups attached to an aromatic ring is 1. The molecule has 0 aromatic heterocycles. The Kier molecular flexibility index (Phi) is 4.15. The van der Waals surface area contributed by atoms with Crippen LogP contribution in [0.4, 0.5) is 5.69 Å². The Morgan fingerprint density at radius 1 is 1.39 bits per heavy atom. The minimum Gasteiger partial charge on any atom is -0.398 e. The molecule has 3 nitrogen and oxygen atoms in total. The molecule has 1 atom stereocenters. The van der Waals surface area contributed by atoms with Gasteiger partial charge in [0.05, 0.1) is 16.3 Å². The van der Waals surface area contributed by atoms with Crippen molar-refractivity contribution in [1.29, 1.82) is 0 Å². The summed E-state index contributed by atoms with van der Waals surface area (Å²) in [5.41, 5.74) is 7.12. The first-order valence-electron chi connectivity index (χ1n) is 6.45. The predicted molar refractivity (Wildman–Crippen MR) is 75.6 cm³/mol. The summed E-state index contributed by atoms with van der Waals surface area (Å²) in [6, 6.07) is 5.80. The third kappa shape index (κ3) is 3.61. The van der Waals surface area contributed by atoms with E-state index in [9.17, 15) is 5.11 Å². The quantitative estimate of drug-likeness (QED) is 0.811. The van der Waals surface area contributed by atoms with Crippen molar-refractivity contribution in [3.63, 3.8) is 0 Å². The molecular weight excluding hydrogens is 248 g/mol. The summed E-state index contributed by atoms with van der Waals surface area (Å²) in [5.74, 6) is 0. The molecule has 0 radical (unpaired) electrons. The van der Waals surface area contributed by atoms with Gasteiger partial charge in [0.15, 0.2) is 0 Å². The van der Waals surface area contributed by atoms with Crippen LogP contribution in [0.5, 0.6) is 0 Å². The number of aliphatic hydroxyl groups is 1. The molecule has 0 spiro atoms. The standard InChI is InChI=1S/C14H21ClN2O/c1-14(18)5-2-7-17(8-6-14)10-11-3-4-12(15)13(16)9-11/h3-4,9,18H,2,5-8,10,16H2,1H3. The Bertz CT molecular complexity index is 420. The Hall–Kier alpha value is -0.770. The van der Waals surface area contributed by atoms with Gasteiger partial charge in [-0.3, -0.25) is 4.90 Å². The summed E-state index contributed by atoms with van der Waals surface area (Å²) in [6.45, 7) is 4.75. The molecule has 0 amide bonds. The number of nitrogens with zero attached hydrogens (tertiary/aromatic N) is 1. The molecule has 1 fully saturated rings. The van der Waals surface area contributed by atoms with Crippen molar-refractivity contribution in [2.75, 3.05) is 18.8 Å². The first-order valence-corrected chi connectivity index (χ1v) is 6.83. The van der Waals surface area contributed by atoms with Crippen LogP contribution in [0.2, 0.25) is 5.02 Å². The van der Waals surface area contributed by atoms with Gasteiger partial charge >= 0.3 is 0 Å². The Labute approximate surface area is 114 Å². The molecule has 2 rings (SSSR count). The molecule has 1 aromatic carbocycles. The van der Waals surface area contributed by atoms with Crippen LogP contribution in [0.3, 0.4) is 0 Å². The van der Waals surface area contributed by atoms with E-state index in [1.54, 1.807) is 0 Å². The van der Waals surface area contributed by atoms with Crippen LogP contribution in [0, 0.1) is 0 Å². The van der Waals surface area contributed by atoms with E-state index in [0.717, 1.165) is 38.9 Å². The number of benzene rings is 1. The lowest BCUT2D eigenvalue weighted by molar-refractivity contribution is 0.0444. The maximum Gasteiger partial charge on any atom is 0.0635 e. The Morgan fingerprint density at radius 3 is 2.89 bits per heavy atom. The monoisotopic (exact) mass is 268 g/mol. The fourth-order valence-electron chi connectivity index (χ4n) is 2.43. The normalized spacial score (nSPS) is 25.9. The molecule has 0 saturated carbocycles. The summed E-state index contributed by atoms with van der Waals surface area (Å²) in [5, 5.41) is 10.7. The van der Waals surface area contributed by atoms with Crippen molar-refractivity contribution in [3.8, 4) is 0 Å². The van der Waals surface area contributed by atoms with E-state index >= 15 is 0 Å². The van der Waals surface area contributed by atoms with Crippen molar-refractivity contribution in [3.05, 3.63) is 28.8 Å². The summed E-state index contributed by atoms with van der Waals surface area (Å²) in [6.07, 6.45) is 2.75. The second-order valence-corrected chi connectivity index (χ2v) is 5.89. The van der Waals surface area contributed by atoms with Crippen LogP contribution in [0.25, 0.3) is 0 Å². The van der Waals surface area contributed by atoms with Crippen LogP contribution in [-0.4, -0.2) is 28.7 Å². The van der Waals surface area contributed by atoms with Crippen LogP contribution < -0.4 is 5.73 Å². The van der Waals surface area contributed by atoms with Crippen molar-refractivity contribution < 1.29 is 5.11 Å². The molecule has 1 heterocycles. The van der Waals surface area contributed by atoms with Crippen molar-refractivity contribution in [2.45, 2.75) is 38.3 Å². The van der Waals surface area contributed by atoms with Crippen LogP contribution in [-0.2, 0) is 6.54 Å². The molecule has 1 saturated heterocycles. The van der Waals surface area contributed by atoms with Crippen LogP contribution >= 0.6 is 11.6 Å². The molecule has 4 heteroatoms. The highest BCUT2D eigenvalue weighted by molar-refractivity contribution is 6.33. The predicted octanol–water partition coefficient (Wildman–Crippen LogP) is 2.66. The number of hydrogen-bond donors (Lipinski definition) is 2. The molecule has 1 aromatic rings. The first-order chi connectivity index (χ1) is 8.46. The lowest BCUT2D eigenvalue weighted by atomic mass is 9.98. The van der Waals surface area contributed by atoms with Crippen LogP contribution in [0.1, 0.15) is 31.7 Å². The molecule has 100 valence electrons. The number of halogens is 1. The zero-order chi connectivity index (χ0) is 13.2. The highest BCUT2D eigenvalue weighted by atomic mass is 35.5. The number of rotatable bonds is 2. The van der Waals surface area contributed by atoms with Crippen molar-refractivity contribution in [1.82, 2.24) is 4.90 Å². The summed E-state index contributed by atoms with van der Waals surface area (Å²) >= 11 is 5.92. The maximum absolute atomic E-state index is 10.1.